The van der Waals surface area contributed by atoms with Crippen molar-refractivity contribution < 1.29 is 9.21 Å². The lowest BCUT2D eigenvalue weighted by molar-refractivity contribution is -0.136. The molecule has 1 aliphatic carbocycles. The van der Waals surface area contributed by atoms with Gasteiger partial charge in [-0.05, 0) is 63.7 Å². The van der Waals surface area contributed by atoms with Crippen LogP contribution in [0.3, 0.4) is 0 Å². The van der Waals surface area contributed by atoms with E-state index in [9.17, 15) is 4.79 Å². The van der Waals surface area contributed by atoms with Gasteiger partial charge in [-0.1, -0.05) is 18.2 Å². The molecule has 24 heavy (non-hydrogen) atoms. The van der Waals surface area contributed by atoms with Gasteiger partial charge in [0.1, 0.15) is 11.3 Å². The molecule has 2 heterocycles. The third kappa shape index (κ3) is 2.53. The van der Waals surface area contributed by atoms with Gasteiger partial charge in [-0.3, -0.25) is 4.79 Å². The topological polar surface area (TPSA) is 45.5 Å². The summed E-state index contributed by atoms with van der Waals surface area (Å²) in [6.07, 6.45) is 3.34. The first kappa shape index (κ1) is 15.7. The quantitative estimate of drug-likeness (QED) is 0.931. The van der Waals surface area contributed by atoms with E-state index in [1.807, 2.05) is 23.1 Å². The molecule has 2 unspecified atom stereocenters. The van der Waals surface area contributed by atoms with Gasteiger partial charge in [0, 0.05) is 17.8 Å². The van der Waals surface area contributed by atoms with Crippen molar-refractivity contribution in [1.82, 2.24) is 10.2 Å². The lowest BCUT2D eigenvalue weighted by atomic mass is 9.91. The van der Waals surface area contributed by atoms with E-state index in [0.717, 1.165) is 55.6 Å². The lowest BCUT2D eigenvalue weighted by Crippen LogP contribution is -2.37. The second kappa shape index (κ2) is 5.92. The maximum absolute atomic E-state index is 13.1. The first-order chi connectivity index (χ1) is 11.6. The van der Waals surface area contributed by atoms with E-state index in [0.29, 0.717) is 5.91 Å². The Labute approximate surface area is 143 Å². The third-order valence-corrected chi connectivity index (χ3v) is 6.03. The molecule has 4 rings (SSSR count). The molecular weight excluding hydrogens is 300 g/mol. The number of rotatable bonds is 4. The van der Waals surface area contributed by atoms with Crippen molar-refractivity contribution in [2.45, 2.75) is 39.2 Å². The first-order valence-corrected chi connectivity index (χ1v) is 9.14. The van der Waals surface area contributed by atoms with Gasteiger partial charge in [0.15, 0.2) is 0 Å². The Hall–Kier alpha value is -1.81. The zero-order valence-electron chi connectivity index (χ0n) is 14.5. The van der Waals surface area contributed by atoms with Crippen molar-refractivity contribution in [1.29, 1.82) is 0 Å². The zero-order chi connectivity index (χ0) is 16.7. The third-order valence-electron chi connectivity index (χ3n) is 6.03. The number of nitrogens with zero attached hydrogens (tertiary/aromatic N) is 1. The van der Waals surface area contributed by atoms with Gasteiger partial charge in [-0.2, -0.15) is 0 Å². The van der Waals surface area contributed by atoms with Gasteiger partial charge in [0.25, 0.3) is 0 Å². The van der Waals surface area contributed by atoms with Crippen LogP contribution >= 0.6 is 0 Å². The Morgan fingerprint density at radius 1 is 1.38 bits per heavy atom. The summed E-state index contributed by atoms with van der Waals surface area (Å²) in [5.41, 5.74) is 1.17. The molecule has 1 saturated carbocycles. The summed E-state index contributed by atoms with van der Waals surface area (Å²) >= 11 is 0. The molecule has 1 amide bonds. The number of furan rings is 1. The second-order valence-electron chi connectivity index (χ2n) is 7.36. The molecule has 1 spiro atoms. The van der Waals surface area contributed by atoms with E-state index >= 15 is 0 Å². The summed E-state index contributed by atoms with van der Waals surface area (Å²) in [7, 11) is 0. The Morgan fingerprint density at radius 2 is 2.12 bits per heavy atom. The summed E-state index contributed by atoms with van der Waals surface area (Å²) in [5, 5.41) is 4.51. The highest BCUT2D eigenvalue weighted by Crippen LogP contribution is 2.59. The Kier molecular flexibility index (Phi) is 3.87. The molecule has 1 aromatic heterocycles. The van der Waals surface area contributed by atoms with Crippen LogP contribution in [0, 0.1) is 11.3 Å². The van der Waals surface area contributed by atoms with Gasteiger partial charge in [0.2, 0.25) is 5.91 Å². The highest BCUT2D eigenvalue weighted by atomic mass is 16.3. The molecule has 0 bridgehead atoms. The molecule has 2 aliphatic rings. The zero-order valence-corrected chi connectivity index (χ0v) is 14.5. The van der Waals surface area contributed by atoms with Crippen LogP contribution in [0.5, 0.6) is 0 Å². The van der Waals surface area contributed by atoms with Crippen LogP contribution < -0.4 is 5.32 Å². The smallest absolute Gasteiger partial charge is 0.226 e. The summed E-state index contributed by atoms with van der Waals surface area (Å²) < 4.78 is 6.00. The maximum atomic E-state index is 13.1. The van der Waals surface area contributed by atoms with Crippen molar-refractivity contribution in [3.63, 3.8) is 0 Å². The van der Waals surface area contributed by atoms with E-state index in [4.69, 9.17) is 4.42 Å². The highest BCUT2D eigenvalue weighted by Gasteiger charge is 2.58. The number of hydrogen-bond donors (Lipinski definition) is 1. The van der Waals surface area contributed by atoms with Crippen LogP contribution in [-0.4, -0.2) is 30.4 Å². The number of hydrogen-bond acceptors (Lipinski definition) is 3. The molecule has 0 radical (unpaired) electrons. The van der Waals surface area contributed by atoms with E-state index in [1.165, 1.54) is 0 Å². The average Bonchev–Trinajstić information content (AvgIpc) is 3.11. The number of amides is 1. The molecule has 2 atom stereocenters. The number of fused-ring (bicyclic) bond motifs is 1. The monoisotopic (exact) mass is 326 g/mol. The number of carbonyl (C=O) groups is 1. The van der Waals surface area contributed by atoms with Crippen LogP contribution in [0.1, 0.15) is 44.9 Å². The standard InChI is InChI=1S/C20H26N2O2/c1-3-22(19(23)16-13-20(16)8-10-21-11-9-20)14(2)18-12-15-6-4-5-7-17(15)24-18/h4-7,12,14,16,21H,3,8-11,13H2,1-2H3. The molecule has 2 aromatic rings. The van der Waals surface area contributed by atoms with Gasteiger partial charge < -0.3 is 14.6 Å². The number of carbonyl (C=O) groups excluding carboxylic acids is 1. The van der Waals surface area contributed by atoms with E-state index in [-0.39, 0.29) is 17.4 Å². The minimum atomic E-state index is -0.0192. The van der Waals surface area contributed by atoms with Crippen molar-refractivity contribution in [2.24, 2.45) is 11.3 Å². The predicted octanol–water partition coefficient (Wildman–Crippen LogP) is 3.73. The Balaban J connectivity index is 1.53. The molecule has 1 N–H and O–H groups in total. The average molecular weight is 326 g/mol. The molecular formula is C20H26N2O2. The van der Waals surface area contributed by atoms with Gasteiger partial charge in [-0.25, -0.2) is 0 Å². The van der Waals surface area contributed by atoms with Crippen molar-refractivity contribution in [3.8, 4) is 0 Å². The fraction of sp³-hybridized carbons (Fsp3) is 0.550. The molecule has 128 valence electrons. The van der Waals surface area contributed by atoms with Gasteiger partial charge in [-0.15, -0.1) is 0 Å². The fourth-order valence-corrected chi connectivity index (χ4v) is 4.36. The number of para-hydroxylation sites is 1. The van der Waals surface area contributed by atoms with Crippen LogP contribution in [-0.2, 0) is 4.79 Å². The normalized spacial score (nSPS) is 23.3. The van der Waals surface area contributed by atoms with E-state index in [2.05, 4.69) is 31.3 Å². The minimum Gasteiger partial charge on any atom is -0.459 e. The van der Waals surface area contributed by atoms with E-state index in [1.54, 1.807) is 0 Å². The molecule has 1 aliphatic heterocycles. The van der Waals surface area contributed by atoms with Crippen LogP contribution in [0.4, 0.5) is 0 Å². The van der Waals surface area contributed by atoms with Gasteiger partial charge >= 0.3 is 0 Å². The molecule has 1 saturated heterocycles. The fourth-order valence-electron chi connectivity index (χ4n) is 4.36. The largest absolute Gasteiger partial charge is 0.459 e. The second-order valence-corrected chi connectivity index (χ2v) is 7.36. The van der Waals surface area contributed by atoms with Crippen molar-refractivity contribution in [3.05, 3.63) is 36.1 Å². The van der Waals surface area contributed by atoms with Crippen LogP contribution in [0.2, 0.25) is 0 Å². The van der Waals surface area contributed by atoms with Crippen LogP contribution in [0.25, 0.3) is 11.0 Å². The lowest BCUT2D eigenvalue weighted by Gasteiger charge is -2.29. The summed E-state index contributed by atoms with van der Waals surface area (Å²) in [4.78, 5) is 15.1. The van der Waals surface area contributed by atoms with Crippen molar-refractivity contribution >= 4 is 16.9 Å². The number of piperidine rings is 1. The summed E-state index contributed by atoms with van der Waals surface area (Å²) in [6.45, 7) is 6.97. The minimum absolute atomic E-state index is 0.0192. The maximum Gasteiger partial charge on any atom is 0.226 e. The molecule has 2 fully saturated rings. The van der Waals surface area contributed by atoms with Crippen molar-refractivity contribution in [2.75, 3.05) is 19.6 Å². The number of benzene rings is 1. The van der Waals surface area contributed by atoms with Gasteiger partial charge in [0.05, 0.1) is 6.04 Å². The summed E-state index contributed by atoms with van der Waals surface area (Å²) in [5.74, 6) is 1.41. The Bertz CT molecular complexity index is 712. The Morgan fingerprint density at radius 3 is 2.83 bits per heavy atom. The predicted molar refractivity (Wildman–Crippen MR) is 94.7 cm³/mol. The highest BCUT2D eigenvalue weighted by molar-refractivity contribution is 5.83. The molecule has 1 aromatic carbocycles. The molecule has 4 heteroatoms. The summed E-state index contributed by atoms with van der Waals surface area (Å²) in [6, 6.07) is 10.1. The van der Waals surface area contributed by atoms with Crippen LogP contribution in [0.15, 0.2) is 34.7 Å². The SMILES string of the molecule is CCN(C(=O)C1CC12CCNCC2)C(C)c1cc2ccccc2o1. The first-order valence-electron chi connectivity index (χ1n) is 9.14. The number of nitrogens with one attached hydrogen (secondary N) is 1. The van der Waals surface area contributed by atoms with E-state index < -0.39 is 0 Å². The molecule has 4 nitrogen and oxygen atoms in total.